The second kappa shape index (κ2) is 9.07. The van der Waals surface area contributed by atoms with Gasteiger partial charge in [-0.15, -0.1) is 21.5 Å². The van der Waals surface area contributed by atoms with Gasteiger partial charge in [-0.1, -0.05) is 48.0 Å². The van der Waals surface area contributed by atoms with Crippen molar-refractivity contribution in [2.24, 2.45) is 0 Å². The summed E-state index contributed by atoms with van der Waals surface area (Å²) in [5, 5.41) is 0.743. The molecule has 1 atom stereocenters. The van der Waals surface area contributed by atoms with E-state index in [9.17, 15) is 9.36 Å². The van der Waals surface area contributed by atoms with Crippen LogP contribution in [0.5, 0.6) is 0 Å². The average molecular weight is 396 g/mol. The van der Waals surface area contributed by atoms with Crippen LogP contribution < -0.4 is 5.30 Å². The van der Waals surface area contributed by atoms with Crippen LogP contribution in [0.1, 0.15) is 33.5 Å². The first kappa shape index (κ1) is 19.7. The summed E-state index contributed by atoms with van der Waals surface area (Å²) < 4.78 is 17.7. The second-order valence-corrected chi connectivity index (χ2v) is 6.60. The van der Waals surface area contributed by atoms with Gasteiger partial charge < -0.3 is 0 Å². The zero-order chi connectivity index (χ0) is 16.1. The van der Waals surface area contributed by atoms with E-state index in [0.29, 0.717) is 5.56 Å². The highest BCUT2D eigenvalue weighted by Crippen LogP contribution is 2.26. The molecule has 2 rings (SSSR count). The van der Waals surface area contributed by atoms with Gasteiger partial charge in [0, 0.05) is 23.1 Å². The Balaban J connectivity index is 0.00000264. The van der Waals surface area contributed by atoms with Crippen LogP contribution in [0.25, 0.3) is 0 Å². The molecule has 0 aliphatic heterocycles. The molecule has 0 fully saturated rings. The number of carbonyl (C=O) groups is 1. The lowest BCUT2D eigenvalue weighted by Crippen LogP contribution is -2.10. The van der Waals surface area contributed by atoms with Crippen LogP contribution in [0.3, 0.4) is 0 Å². The van der Waals surface area contributed by atoms with Crippen LogP contribution >= 0.6 is 25.0 Å². The number of ketones is 1. The van der Waals surface area contributed by atoms with Gasteiger partial charge in [0.1, 0.15) is 6.61 Å². The van der Waals surface area contributed by atoms with E-state index in [1.807, 2.05) is 51.1 Å². The summed E-state index contributed by atoms with van der Waals surface area (Å²) in [6.07, 6.45) is 0.231. The van der Waals surface area contributed by atoms with Crippen molar-refractivity contribution >= 4 is 36.1 Å². The molecule has 1 unspecified atom stereocenters. The van der Waals surface area contributed by atoms with Crippen molar-refractivity contribution in [1.29, 1.82) is 0 Å². The molecule has 0 N–H and O–H groups in total. The average Bonchev–Trinajstić information content (AvgIpc) is 2.47. The first-order chi connectivity index (χ1) is 10.5. The van der Waals surface area contributed by atoms with Crippen LogP contribution in [0, 0.1) is 20.8 Å². The minimum absolute atomic E-state index is 0. The summed E-state index contributed by atoms with van der Waals surface area (Å²) in [4.78, 5) is 12.0. The number of carbonyl (C=O) groups excluding carboxylic acids is 1. The summed E-state index contributed by atoms with van der Waals surface area (Å²) >= 11 is 0. The zero-order valence-electron chi connectivity index (χ0n) is 13.5. The van der Waals surface area contributed by atoms with Crippen molar-refractivity contribution in [1.82, 2.24) is 0 Å². The molecule has 23 heavy (non-hydrogen) atoms. The molecule has 2 aromatic carbocycles. The molecule has 0 aliphatic carbocycles. The number of hydrogen-bond donors (Lipinski definition) is 0. The Hall–Kier alpha value is -1.35. The normalized spacial score (nSPS) is 10.8. The molecule has 0 spiro atoms. The number of aryl methyl sites for hydroxylation is 3. The Kier molecular flexibility index (Phi) is 7.77. The van der Waals surface area contributed by atoms with Crippen molar-refractivity contribution < 1.29 is 13.9 Å². The third kappa shape index (κ3) is 5.35. The molecule has 0 aliphatic rings. The van der Waals surface area contributed by atoms with Gasteiger partial charge in [-0.2, -0.15) is 0 Å². The highest BCUT2D eigenvalue weighted by molar-refractivity contribution is 8.93. The number of Topliss-reactive ketones (excluding diaryl/α,β-unsaturated/α-hetero) is 1. The van der Waals surface area contributed by atoms with E-state index >= 15 is 0 Å². The molecule has 3 nitrogen and oxygen atoms in total. The highest BCUT2D eigenvalue weighted by Gasteiger charge is 2.27. The van der Waals surface area contributed by atoms with Crippen molar-refractivity contribution in [3.05, 3.63) is 64.7 Å². The molecule has 0 amide bonds. The van der Waals surface area contributed by atoms with Crippen molar-refractivity contribution in [2.45, 2.75) is 27.2 Å². The topological polar surface area (TPSA) is 43.4 Å². The smallest absolute Gasteiger partial charge is 0.294 e. The summed E-state index contributed by atoms with van der Waals surface area (Å²) in [6, 6.07) is 13.1. The number of benzene rings is 2. The number of hydrogen-bond acceptors (Lipinski definition) is 3. The van der Waals surface area contributed by atoms with Crippen molar-refractivity contribution in [3.63, 3.8) is 0 Å². The largest absolute Gasteiger partial charge is 0.549 e. The molecule has 0 saturated heterocycles. The maximum atomic E-state index is 12.3. The molecule has 2 aromatic rings. The maximum absolute atomic E-state index is 12.3. The zero-order valence-corrected chi connectivity index (χ0v) is 16.1. The number of rotatable bonds is 6. The summed E-state index contributed by atoms with van der Waals surface area (Å²) in [6.45, 7) is 6.04. The molecular weight excluding hydrogens is 375 g/mol. The molecule has 5 heteroatoms. The predicted molar refractivity (Wildman–Crippen MR) is 99.6 cm³/mol. The summed E-state index contributed by atoms with van der Waals surface area (Å²) in [5.41, 5.74) is 3.73. The minimum Gasteiger partial charge on any atom is -0.294 e. The Morgan fingerprint density at radius 2 is 1.61 bits per heavy atom. The van der Waals surface area contributed by atoms with Gasteiger partial charge in [0.2, 0.25) is 5.30 Å². The Morgan fingerprint density at radius 1 is 1.04 bits per heavy atom. The molecule has 0 bridgehead atoms. The van der Waals surface area contributed by atoms with E-state index in [0.717, 1.165) is 22.0 Å². The fourth-order valence-electron chi connectivity index (χ4n) is 2.51. The Morgan fingerprint density at radius 3 is 2.17 bits per heavy atom. The fourth-order valence-corrected chi connectivity index (χ4v) is 3.61. The van der Waals surface area contributed by atoms with Crippen molar-refractivity contribution in [3.8, 4) is 0 Å². The van der Waals surface area contributed by atoms with E-state index in [1.54, 1.807) is 12.1 Å². The van der Waals surface area contributed by atoms with Crippen molar-refractivity contribution in [2.75, 3.05) is 6.61 Å². The fraction of sp³-hybridized carbons (Fsp3) is 0.278. The van der Waals surface area contributed by atoms with Gasteiger partial charge in [-0.3, -0.25) is 4.79 Å². The molecule has 0 radical (unpaired) electrons. The monoisotopic (exact) mass is 395 g/mol. The third-order valence-electron chi connectivity index (χ3n) is 3.45. The van der Waals surface area contributed by atoms with Gasteiger partial charge in [0.15, 0.2) is 5.78 Å². The van der Waals surface area contributed by atoms with E-state index in [4.69, 9.17) is 4.52 Å². The van der Waals surface area contributed by atoms with Crippen LogP contribution in [0.4, 0.5) is 0 Å². The molecule has 0 heterocycles. The van der Waals surface area contributed by atoms with Crippen LogP contribution in [-0.4, -0.2) is 12.4 Å². The lowest BCUT2D eigenvalue weighted by atomic mass is 10.1. The lowest BCUT2D eigenvalue weighted by Gasteiger charge is -2.02. The maximum Gasteiger partial charge on any atom is 0.549 e. The summed E-state index contributed by atoms with van der Waals surface area (Å²) in [5.74, 6) is 0.00125. The minimum atomic E-state index is -1.93. The second-order valence-electron chi connectivity index (χ2n) is 5.38. The van der Waals surface area contributed by atoms with Gasteiger partial charge in [0.25, 0.3) is 0 Å². The standard InChI is InChI=1S/C18H20O3P.BrH/c1-13-11-14(2)18(15(3)12-13)22(20)21-10-9-17(19)16-7-5-4-6-8-16;/h4-8,11-12H,9-10H2,1-3H3;1H/q+1;. The molecule has 122 valence electrons. The third-order valence-corrected chi connectivity index (χ3v) is 4.94. The highest BCUT2D eigenvalue weighted by atomic mass is 79.9. The lowest BCUT2D eigenvalue weighted by molar-refractivity contribution is 0.0965. The van der Waals surface area contributed by atoms with E-state index < -0.39 is 8.03 Å². The van der Waals surface area contributed by atoms with E-state index in [1.165, 1.54) is 0 Å². The first-order valence-electron chi connectivity index (χ1n) is 7.25. The molecule has 0 saturated carbocycles. The van der Waals surface area contributed by atoms with Crippen LogP contribution in [0.2, 0.25) is 0 Å². The van der Waals surface area contributed by atoms with Crippen LogP contribution in [0.15, 0.2) is 42.5 Å². The Labute approximate surface area is 148 Å². The SMILES string of the molecule is Br.Cc1cc(C)c([P+](=O)OCCC(=O)c2ccccc2)c(C)c1. The van der Waals surface area contributed by atoms with Crippen LogP contribution in [-0.2, 0) is 9.09 Å². The first-order valence-corrected chi connectivity index (χ1v) is 8.43. The van der Waals surface area contributed by atoms with E-state index in [-0.39, 0.29) is 35.8 Å². The van der Waals surface area contributed by atoms with E-state index in [2.05, 4.69) is 0 Å². The van der Waals surface area contributed by atoms with Gasteiger partial charge >= 0.3 is 8.03 Å². The molecule has 0 aromatic heterocycles. The summed E-state index contributed by atoms with van der Waals surface area (Å²) in [7, 11) is -1.93. The molecular formula is C18H21BrO3P+. The van der Waals surface area contributed by atoms with Gasteiger partial charge in [-0.25, -0.2) is 0 Å². The quantitative estimate of drug-likeness (QED) is 0.518. The Bertz CT molecular complexity index is 676. The van der Waals surface area contributed by atoms with Gasteiger partial charge in [-0.05, 0) is 25.3 Å². The predicted octanol–water partition coefficient (Wildman–Crippen LogP) is 4.85. The van der Waals surface area contributed by atoms with Gasteiger partial charge in [0.05, 0.1) is 0 Å². The number of halogens is 1.